The van der Waals surface area contributed by atoms with Gasteiger partial charge in [0, 0.05) is 44.5 Å². The highest BCUT2D eigenvalue weighted by Crippen LogP contribution is 2.26. The van der Waals surface area contributed by atoms with Crippen LogP contribution in [0.2, 0.25) is 0 Å². The molecule has 2 aliphatic rings. The van der Waals surface area contributed by atoms with Crippen LogP contribution < -0.4 is 10.2 Å². The number of rotatable bonds is 5. The number of amides is 3. The summed E-state index contributed by atoms with van der Waals surface area (Å²) >= 11 is 0. The van der Waals surface area contributed by atoms with E-state index in [1.165, 1.54) is 12.5 Å². The number of benzene rings is 2. The average molecular weight is 390 g/mol. The predicted molar refractivity (Wildman–Crippen MR) is 115 cm³/mol. The fourth-order valence-corrected chi connectivity index (χ4v) is 3.97. The van der Waals surface area contributed by atoms with E-state index in [4.69, 9.17) is 0 Å². The van der Waals surface area contributed by atoms with Crippen LogP contribution in [0.25, 0.3) is 0 Å². The number of urea groups is 1. The van der Waals surface area contributed by atoms with Gasteiger partial charge in [0.25, 0.3) is 0 Å². The van der Waals surface area contributed by atoms with E-state index in [1.54, 1.807) is 4.90 Å². The summed E-state index contributed by atoms with van der Waals surface area (Å²) < 4.78 is 0. The molecule has 0 aromatic heterocycles. The fourth-order valence-electron chi connectivity index (χ4n) is 3.97. The number of anilines is 2. The van der Waals surface area contributed by atoms with Crippen molar-refractivity contribution < 1.29 is 9.59 Å². The molecule has 0 bridgehead atoms. The minimum atomic E-state index is -0.108. The summed E-state index contributed by atoms with van der Waals surface area (Å²) in [7, 11) is 0. The van der Waals surface area contributed by atoms with E-state index in [-0.39, 0.29) is 18.1 Å². The Labute approximate surface area is 171 Å². The Morgan fingerprint density at radius 1 is 1.03 bits per heavy atom. The molecule has 1 fully saturated rings. The van der Waals surface area contributed by atoms with Gasteiger partial charge in [-0.3, -0.25) is 14.6 Å². The second kappa shape index (κ2) is 8.49. The van der Waals surface area contributed by atoms with Gasteiger partial charge in [-0.15, -0.1) is 0 Å². The first-order chi connectivity index (χ1) is 14.1. The standard InChI is InChI=1S/C23H26N4O2/c1-18(28)24-20-10-12-21(13-11-20)26-15-16-27(23(26)29)22-9-5-6-14-25(22)17-19-7-3-2-4-8-19/h2-5,7-13,22H,6,14-17H2,1H3,(H,24,28). The minimum absolute atomic E-state index is 0.0203. The first-order valence-electron chi connectivity index (χ1n) is 10.0. The maximum Gasteiger partial charge on any atom is 0.326 e. The summed E-state index contributed by atoms with van der Waals surface area (Å²) in [5.74, 6) is -0.108. The van der Waals surface area contributed by atoms with E-state index in [9.17, 15) is 9.59 Å². The molecule has 29 heavy (non-hydrogen) atoms. The topological polar surface area (TPSA) is 55.9 Å². The summed E-state index contributed by atoms with van der Waals surface area (Å²) in [6, 6.07) is 17.8. The highest BCUT2D eigenvalue weighted by atomic mass is 16.2. The largest absolute Gasteiger partial charge is 0.326 e. The lowest BCUT2D eigenvalue weighted by atomic mass is 10.1. The number of carbonyl (C=O) groups is 2. The molecule has 2 aromatic carbocycles. The molecule has 2 heterocycles. The van der Waals surface area contributed by atoms with Gasteiger partial charge in [0.15, 0.2) is 0 Å². The first kappa shape index (κ1) is 19.2. The quantitative estimate of drug-likeness (QED) is 0.793. The number of nitrogens with zero attached hydrogens (tertiary/aromatic N) is 3. The van der Waals surface area contributed by atoms with Crippen molar-refractivity contribution >= 4 is 23.3 Å². The monoisotopic (exact) mass is 390 g/mol. The normalized spacial score (nSPS) is 19.6. The Morgan fingerprint density at radius 2 is 1.79 bits per heavy atom. The molecule has 6 heteroatoms. The van der Waals surface area contributed by atoms with E-state index in [2.05, 4.69) is 46.6 Å². The molecule has 0 saturated carbocycles. The fraction of sp³-hybridized carbons (Fsp3) is 0.304. The highest BCUT2D eigenvalue weighted by Gasteiger charge is 2.36. The Balaban J connectivity index is 1.47. The van der Waals surface area contributed by atoms with Crippen LogP contribution in [0, 0.1) is 0 Å². The van der Waals surface area contributed by atoms with Crippen molar-refractivity contribution in [1.29, 1.82) is 0 Å². The smallest absolute Gasteiger partial charge is 0.326 e. The summed E-state index contributed by atoms with van der Waals surface area (Å²) in [5, 5.41) is 2.75. The zero-order valence-corrected chi connectivity index (χ0v) is 16.6. The van der Waals surface area contributed by atoms with Crippen molar-refractivity contribution in [3.8, 4) is 0 Å². The first-order valence-corrected chi connectivity index (χ1v) is 10.0. The van der Waals surface area contributed by atoms with Gasteiger partial charge < -0.3 is 10.2 Å². The van der Waals surface area contributed by atoms with Crippen LogP contribution in [-0.2, 0) is 11.3 Å². The maximum absolute atomic E-state index is 13.2. The highest BCUT2D eigenvalue weighted by molar-refractivity contribution is 5.95. The van der Waals surface area contributed by atoms with Crippen LogP contribution >= 0.6 is 0 Å². The van der Waals surface area contributed by atoms with E-state index in [0.717, 1.165) is 30.9 Å². The minimum Gasteiger partial charge on any atom is -0.326 e. The number of nitrogens with one attached hydrogen (secondary N) is 1. The van der Waals surface area contributed by atoms with Crippen molar-refractivity contribution in [3.05, 3.63) is 72.3 Å². The molecule has 1 N–H and O–H groups in total. The predicted octanol–water partition coefficient (Wildman–Crippen LogP) is 3.68. The van der Waals surface area contributed by atoms with Gasteiger partial charge in [0.2, 0.25) is 5.91 Å². The lowest BCUT2D eigenvalue weighted by molar-refractivity contribution is -0.114. The lowest BCUT2D eigenvalue weighted by Gasteiger charge is -2.37. The van der Waals surface area contributed by atoms with Gasteiger partial charge in [0.05, 0.1) is 0 Å². The second-order valence-electron chi connectivity index (χ2n) is 7.44. The van der Waals surface area contributed by atoms with Crippen LogP contribution in [0.3, 0.4) is 0 Å². The van der Waals surface area contributed by atoms with Crippen LogP contribution in [-0.4, -0.2) is 47.5 Å². The molecule has 2 aromatic rings. The molecular weight excluding hydrogens is 364 g/mol. The Bertz CT molecular complexity index is 895. The van der Waals surface area contributed by atoms with Gasteiger partial charge in [-0.25, -0.2) is 4.79 Å². The third kappa shape index (κ3) is 4.32. The summed E-state index contributed by atoms with van der Waals surface area (Å²) in [6.45, 7) is 4.58. The number of carbonyl (C=O) groups excluding carboxylic acids is 2. The molecule has 3 amide bonds. The van der Waals surface area contributed by atoms with Gasteiger partial charge >= 0.3 is 6.03 Å². The van der Waals surface area contributed by atoms with Crippen molar-refractivity contribution in [3.63, 3.8) is 0 Å². The van der Waals surface area contributed by atoms with E-state index in [0.29, 0.717) is 13.1 Å². The van der Waals surface area contributed by atoms with Crippen LogP contribution in [0.1, 0.15) is 18.9 Å². The Hall–Kier alpha value is -3.12. The Kier molecular flexibility index (Phi) is 5.62. The van der Waals surface area contributed by atoms with Gasteiger partial charge in [-0.2, -0.15) is 0 Å². The second-order valence-corrected chi connectivity index (χ2v) is 7.44. The van der Waals surface area contributed by atoms with Gasteiger partial charge in [0.1, 0.15) is 6.17 Å². The van der Waals surface area contributed by atoms with Crippen LogP contribution in [0.5, 0.6) is 0 Å². The average Bonchev–Trinajstić information content (AvgIpc) is 3.10. The molecule has 1 atom stereocenters. The third-order valence-corrected chi connectivity index (χ3v) is 5.35. The van der Waals surface area contributed by atoms with Crippen molar-refractivity contribution in [1.82, 2.24) is 9.80 Å². The summed E-state index contributed by atoms with van der Waals surface area (Å²) in [4.78, 5) is 30.5. The van der Waals surface area contributed by atoms with Crippen molar-refractivity contribution in [2.45, 2.75) is 26.1 Å². The number of hydrogen-bond donors (Lipinski definition) is 1. The maximum atomic E-state index is 13.2. The van der Waals surface area contributed by atoms with E-state index < -0.39 is 0 Å². The molecule has 0 radical (unpaired) electrons. The molecule has 1 saturated heterocycles. The zero-order valence-electron chi connectivity index (χ0n) is 16.6. The third-order valence-electron chi connectivity index (χ3n) is 5.35. The molecule has 0 spiro atoms. The molecule has 4 rings (SSSR count). The van der Waals surface area contributed by atoms with Crippen LogP contribution in [0.15, 0.2) is 66.7 Å². The molecular formula is C23H26N4O2. The molecule has 2 aliphatic heterocycles. The van der Waals surface area contributed by atoms with Gasteiger partial charge in [-0.05, 0) is 36.2 Å². The molecule has 0 aliphatic carbocycles. The van der Waals surface area contributed by atoms with E-state index in [1.807, 2.05) is 35.2 Å². The SMILES string of the molecule is CC(=O)Nc1ccc(N2CCN(C3C=CCCN3Cc3ccccc3)C2=O)cc1. The van der Waals surface area contributed by atoms with Crippen molar-refractivity contribution in [2.75, 3.05) is 29.9 Å². The lowest BCUT2D eigenvalue weighted by Crippen LogP contribution is -2.50. The van der Waals surface area contributed by atoms with Crippen molar-refractivity contribution in [2.24, 2.45) is 0 Å². The van der Waals surface area contributed by atoms with E-state index >= 15 is 0 Å². The summed E-state index contributed by atoms with van der Waals surface area (Å²) in [6.07, 6.45) is 5.29. The Morgan fingerprint density at radius 3 is 2.52 bits per heavy atom. The van der Waals surface area contributed by atoms with Gasteiger partial charge in [-0.1, -0.05) is 42.5 Å². The summed E-state index contributed by atoms with van der Waals surface area (Å²) in [5.41, 5.74) is 2.83. The molecule has 1 unspecified atom stereocenters. The van der Waals surface area contributed by atoms with Crippen LogP contribution in [0.4, 0.5) is 16.2 Å². The number of hydrogen-bond acceptors (Lipinski definition) is 3. The molecule has 150 valence electrons. The zero-order chi connectivity index (χ0) is 20.2. The molecule has 6 nitrogen and oxygen atoms in total.